The number of hydrogen-bond donors (Lipinski definition) is 0. The van der Waals surface area contributed by atoms with Crippen LogP contribution in [0.1, 0.15) is 38.1 Å². The van der Waals surface area contributed by atoms with E-state index in [1.54, 1.807) is 0 Å². The Labute approximate surface area is 190 Å². The third kappa shape index (κ3) is 4.83. The van der Waals surface area contributed by atoms with E-state index >= 15 is 0 Å². The van der Waals surface area contributed by atoms with Crippen molar-refractivity contribution in [3.8, 4) is 22.8 Å². The summed E-state index contributed by atoms with van der Waals surface area (Å²) in [6.45, 7) is 6.38. The number of nitrogens with zero attached hydrogens (tertiary/aromatic N) is 3. The molecule has 1 aliphatic carbocycles. The zero-order valence-electron chi connectivity index (χ0n) is 19.0. The highest BCUT2D eigenvalue weighted by Gasteiger charge is 2.14. The molecule has 32 heavy (non-hydrogen) atoms. The highest BCUT2D eigenvalue weighted by Crippen LogP contribution is 2.21. The van der Waals surface area contributed by atoms with Crippen molar-refractivity contribution >= 4 is 12.2 Å². The standard InChI is InChI=1S/C29H29N3/c1-4-13-25-23(5-2)19-18-21(3)27(25)29-31-26(20-22-14-9-6-7-10-15-22)30-28(32-29)24-16-11-8-12-17-24/h5-6,8-19H,4,7,20H2,1-3H3/b23-5-,25-13+. The van der Waals surface area contributed by atoms with Gasteiger partial charge in [0.1, 0.15) is 5.82 Å². The maximum absolute atomic E-state index is 4.98. The van der Waals surface area contributed by atoms with Gasteiger partial charge in [-0.3, -0.25) is 0 Å². The van der Waals surface area contributed by atoms with Crippen molar-refractivity contribution in [3.63, 3.8) is 0 Å². The lowest BCUT2D eigenvalue weighted by atomic mass is 10.0. The summed E-state index contributed by atoms with van der Waals surface area (Å²) in [6.07, 6.45) is 17.7. The monoisotopic (exact) mass is 419 g/mol. The Morgan fingerprint density at radius 3 is 2.53 bits per heavy atom. The van der Waals surface area contributed by atoms with Gasteiger partial charge in [-0.1, -0.05) is 91.9 Å². The summed E-state index contributed by atoms with van der Waals surface area (Å²) in [4.78, 5) is 14.8. The lowest BCUT2D eigenvalue weighted by Gasteiger charge is -2.11. The van der Waals surface area contributed by atoms with Gasteiger partial charge in [-0.15, -0.1) is 0 Å². The van der Waals surface area contributed by atoms with Gasteiger partial charge in [0.2, 0.25) is 0 Å². The van der Waals surface area contributed by atoms with Crippen molar-refractivity contribution in [2.24, 2.45) is 0 Å². The lowest BCUT2D eigenvalue weighted by molar-refractivity contribution is 0.930. The summed E-state index contributed by atoms with van der Waals surface area (Å²) in [5, 5.41) is 2.40. The average molecular weight is 420 g/mol. The summed E-state index contributed by atoms with van der Waals surface area (Å²) in [5.74, 6) is 2.24. The van der Waals surface area contributed by atoms with E-state index in [1.807, 2.05) is 18.2 Å². The summed E-state index contributed by atoms with van der Waals surface area (Å²) >= 11 is 0. The number of aryl methyl sites for hydroxylation is 1. The van der Waals surface area contributed by atoms with E-state index in [9.17, 15) is 0 Å². The Bertz CT molecular complexity index is 1310. The number of rotatable bonds is 5. The van der Waals surface area contributed by atoms with Crippen molar-refractivity contribution < 1.29 is 0 Å². The minimum atomic E-state index is 0.668. The van der Waals surface area contributed by atoms with Crippen LogP contribution < -0.4 is 10.4 Å². The summed E-state index contributed by atoms with van der Waals surface area (Å²) in [6, 6.07) is 14.5. The quantitative estimate of drug-likeness (QED) is 0.549. The molecule has 0 saturated carbocycles. The molecule has 3 nitrogen and oxygen atoms in total. The Kier molecular flexibility index (Phi) is 6.86. The van der Waals surface area contributed by atoms with Crippen molar-refractivity contribution in [2.45, 2.75) is 40.0 Å². The Balaban J connectivity index is 1.94. The number of hydrogen-bond acceptors (Lipinski definition) is 3. The topological polar surface area (TPSA) is 38.7 Å². The first-order chi connectivity index (χ1) is 15.7. The van der Waals surface area contributed by atoms with Crippen LogP contribution in [0.5, 0.6) is 0 Å². The Hall–Kier alpha value is -3.59. The molecule has 0 atom stereocenters. The highest BCUT2D eigenvalue weighted by molar-refractivity contribution is 5.66. The van der Waals surface area contributed by atoms with Gasteiger partial charge in [-0.25, -0.2) is 15.0 Å². The maximum atomic E-state index is 4.98. The van der Waals surface area contributed by atoms with Crippen molar-refractivity contribution in [1.82, 2.24) is 15.0 Å². The molecule has 0 radical (unpaired) electrons. The molecule has 0 bridgehead atoms. The molecular weight excluding hydrogens is 390 g/mol. The second-order valence-corrected chi connectivity index (χ2v) is 7.91. The first-order valence-corrected chi connectivity index (χ1v) is 11.3. The van der Waals surface area contributed by atoms with Gasteiger partial charge in [-0.2, -0.15) is 0 Å². The predicted octanol–water partition coefficient (Wildman–Crippen LogP) is 5.49. The van der Waals surface area contributed by atoms with Gasteiger partial charge in [0.05, 0.1) is 0 Å². The summed E-state index contributed by atoms with van der Waals surface area (Å²) in [7, 11) is 0. The minimum absolute atomic E-state index is 0.668. The van der Waals surface area contributed by atoms with Crippen LogP contribution in [0.15, 0.2) is 78.4 Å². The number of allylic oxidation sites excluding steroid dienone is 6. The molecule has 0 amide bonds. The zero-order chi connectivity index (χ0) is 22.3. The van der Waals surface area contributed by atoms with Crippen LogP contribution >= 0.6 is 0 Å². The first kappa shape index (κ1) is 21.6. The molecule has 0 aliphatic heterocycles. The largest absolute Gasteiger partial charge is 0.213 e. The molecule has 1 aliphatic rings. The van der Waals surface area contributed by atoms with Gasteiger partial charge >= 0.3 is 0 Å². The number of aromatic nitrogens is 3. The fourth-order valence-corrected chi connectivity index (χ4v) is 3.97. The summed E-state index contributed by atoms with van der Waals surface area (Å²) in [5.41, 5.74) is 4.46. The van der Waals surface area contributed by atoms with E-state index in [4.69, 9.17) is 15.0 Å². The molecule has 0 fully saturated rings. The van der Waals surface area contributed by atoms with E-state index in [0.29, 0.717) is 12.2 Å². The third-order valence-corrected chi connectivity index (χ3v) is 5.56. The van der Waals surface area contributed by atoms with Gasteiger partial charge in [0.25, 0.3) is 0 Å². The fraction of sp³-hybridized carbons (Fsp3) is 0.207. The molecule has 3 aromatic rings. The molecule has 0 N–H and O–H groups in total. The van der Waals surface area contributed by atoms with E-state index < -0.39 is 0 Å². The van der Waals surface area contributed by atoms with E-state index in [2.05, 4.69) is 87.6 Å². The van der Waals surface area contributed by atoms with Crippen LogP contribution in [0.3, 0.4) is 0 Å². The molecule has 1 heterocycles. The second-order valence-electron chi connectivity index (χ2n) is 7.91. The number of benzene rings is 2. The highest BCUT2D eigenvalue weighted by atomic mass is 15.0. The van der Waals surface area contributed by atoms with E-state index in [1.165, 1.54) is 21.6 Å². The van der Waals surface area contributed by atoms with Gasteiger partial charge in [-0.05, 0) is 48.3 Å². The molecular formula is C29H29N3. The van der Waals surface area contributed by atoms with Crippen LogP contribution in [0.4, 0.5) is 0 Å². The molecule has 0 saturated heterocycles. The van der Waals surface area contributed by atoms with Crippen molar-refractivity contribution in [2.75, 3.05) is 0 Å². The molecule has 160 valence electrons. The van der Waals surface area contributed by atoms with E-state index in [0.717, 1.165) is 35.6 Å². The van der Waals surface area contributed by atoms with Gasteiger partial charge in [0.15, 0.2) is 11.6 Å². The third-order valence-electron chi connectivity index (χ3n) is 5.56. The zero-order valence-corrected chi connectivity index (χ0v) is 19.0. The normalized spacial score (nSPS) is 14.5. The maximum Gasteiger partial charge on any atom is 0.164 e. The SMILES string of the molecule is C/C=c1/ccc(C)c(-c2nc(CC3=CC=CCC=C3)nc(-c3ccccc3)n2)/c1=C/CC. The lowest BCUT2D eigenvalue weighted by Crippen LogP contribution is -2.28. The average Bonchev–Trinajstić information content (AvgIpc) is 3.08. The smallest absolute Gasteiger partial charge is 0.164 e. The molecule has 0 spiro atoms. The van der Waals surface area contributed by atoms with Gasteiger partial charge in [0, 0.05) is 17.5 Å². The molecule has 1 aromatic heterocycles. The van der Waals surface area contributed by atoms with Crippen molar-refractivity contribution in [3.05, 3.63) is 100 Å². The van der Waals surface area contributed by atoms with Crippen LogP contribution in [0, 0.1) is 6.92 Å². The predicted molar refractivity (Wildman–Crippen MR) is 134 cm³/mol. The minimum Gasteiger partial charge on any atom is -0.213 e. The summed E-state index contributed by atoms with van der Waals surface area (Å²) < 4.78 is 0. The fourth-order valence-electron chi connectivity index (χ4n) is 3.97. The van der Waals surface area contributed by atoms with Gasteiger partial charge < -0.3 is 0 Å². The Morgan fingerprint density at radius 2 is 1.75 bits per heavy atom. The van der Waals surface area contributed by atoms with E-state index in [-0.39, 0.29) is 0 Å². The molecule has 3 heteroatoms. The Morgan fingerprint density at radius 1 is 0.938 bits per heavy atom. The first-order valence-electron chi connectivity index (χ1n) is 11.3. The van der Waals surface area contributed by atoms with Crippen LogP contribution in [0.2, 0.25) is 0 Å². The van der Waals surface area contributed by atoms with Crippen LogP contribution in [-0.4, -0.2) is 15.0 Å². The molecule has 4 rings (SSSR count). The van der Waals surface area contributed by atoms with Crippen LogP contribution in [0.25, 0.3) is 34.9 Å². The molecule has 2 aromatic carbocycles. The molecule has 0 unspecified atom stereocenters. The van der Waals surface area contributed by atoms with Crippen molar-refractivity contribution in [1.29, 1.82) is 0 Å². The second kappa shape index (κ2) is 10.1. The van der Waals surface area contributed by atoms with Crippen LogP contribution in [-0.2, 0) is 6.42 Å².